The summed E-state index contributed by atoms with van der Waals surface area (Å²) in [5, 5.41) is 10.5. The lowest BCUT2D eigenvalue weighted by molar-refractivity contribution is 0.173. The van der Waals surface area contributed by atoms with Crippen molar-refractivity contribution in [3.8, 4) is 0 Å². The zero-order valence-electron chi connectivity index (χ0n) is 14.1. The molecule has 2 N–H and O–H groups in total. The van der Waals surface area contributed by atoms with Crippen molar-refractivity contribution in [2.24, 2.45) is 0 Å². The van der Waals surface area contributed by atoms with Gasteiger partial charge in [0.2, 0.25) is 0 Å². The quantitative estimate of drug-likeness (QED) is 0.892. The molecule has 2 heterocycles. The number of carbonyl (C=O) groups excluding carboxylic acids is 1. The predicted octanol–water partition coefficient (Wildman–Crippen LogP) is 3.40. The maximum Gasteiger partial charge on any atom is 0.318 e. The number of nitrogens with zero attached hydrogens (tertiary/aromatic N) is 2. The summed E-state index contributed by atoms with van der Waals surface area (Å²) in [6.07, 6.45) is 6.52. The molecule has 1 aromatic heterocycles. The van der Waals surface area contributed by atoms with E-state index in [1.54, 1.807) is 11.8 Å². The second-order valence-corrected chi connectivity index (χ2v) is 7.12. The zero-order valence-corrected chi connectivity index (χ0v) is 14.9. The molecular weight excluding hydrogens is 296 g/mol. The molecule has 2 amide bonds. The van der Waals surface area contributed by atoms with Crippen molar-refractivity contribution >= 4 is 17.8 Å². The lowest BCUT2D eigenvalue weighted by atomic mass is 9.99. The summed E-state index contributed by atoms with van der Waals surface area (Å²) in [6.45, 7) is 6.96. The van der Waals surface area contributed by atoms with Crippen LogP contribution in [0.2, 0.25) is 0 Å². The number of hydrogen-bond acceptors (Lipinski definition) is 3. The van der Waals surface area contributed by atoms with Gasteiger partial charge in [-0.15, -0.1) is 0 Å². The van der Waals surface area contributed by atoms with Gasteiger partial charge in [-0.05, 0) is 39.9 Å². The predicted molar refractivity (Wildman–Crippen MR) is 92.4 cm³/mol. The van der Waals surface area contributed by atoms with E-state index in [1.807, 2.05) is 18.7 Å². The number of rotatable bonds is 4. The van der Waals surface area contributed by atoms with Crippen LogP contribution in [0, 0.1) is 13.8 Å². The molecule has 124 valence electrons. The first-order valence-electron chi connectivity index (χ1n) is 8.12. The molecule has 1 fully saturated rings. The van der Waals surface area contributed by atoms with Crippen LogP contribution in [-0.2, 0) is 0 Å². The Balaban J connectivity index is 2.19. The van der Waals surface area contributed by atoms with E-state index in [1.165, 1.54) is 18.4 Å². The van der Waals surface area contributed by atoms with Gasteiger partial charge in [-0.25, -0.2) is 4.79 Å². The Hall–Kier alpha value is -1.17. The molecule has 6 heteroatoms. The molecule has 1 saturated heterocycles. The van der Waals surface area contributed by atoms with Gasteiger partial charge in [-0.2, -0.15) is 16.9 Å². The van der Waals surface area contributed by atoms with Crippen LogP contribution in [0.4, 0.5) is 4.79 Å². The largest absolute Gasteiger partial charge is 0.335 e. The number of aromatic amines is 1. The van der Waals surface area contributed by atoms with E-state index in [9.17, 15) is 4.79 Å². The zero-order chi connectivity index (χ0) is 16.1. The van der Waals surface area contributed by atoms with Gasteiger partial charge in [-0.1, -0.05) is 12.8 Å². The van der Waals surface area contributed by atoms with Crippen LogP contribution in [0.3, 0.4) is 0 Å². The third kappa shape index (κ3) is 3.97. The van der Waals surface area contributed by atoms with Crippen molar-refractivity contribution in [2.45, 2.75) is 58.5 Å². The number of thioether (sulfide) groups is 1. The molecular formula is C16H28N4OS. The highest BCUT2D eigenvalue weighted by atomic mass is 32.2. The van der Waals surface area contributed by atoms with Crippen molar-refractivity contribution in [1.82, 2.24) is 20.4 Å². The summed E-state index contributed by atoms with van der Waals surface area (Å²) in [6, 6.07) is 0.397. The van der Waals surface area contributed by atoms with E-state index in [-0.39, 0.29) is 18.1 Å². The molecule has 0 aliphatic carbocycles. The molecule has 5 nitrogen and oxygen atoms in total. The lowest BCUT2D eigenvalue weighted by Gasteiger charge is -2.31. The molecule has 2 rings (SSSR count). The Morgan fingerprint density at radius 2 is 2.23 bits per heavy atom. The number of amides is 2. The molecule has 0 aromatic carbocycles. The summed E-state index contributed by atoms with van der Waals surface area (Å²) in [5.41, 5.74) is 3.30. The number of aryl methyl sites for hydroxylation is 2. The van der Waals surface area contributed by atoms with E-state index >= 15 is 0 Å². The number of likely N-dealkylation sites (tertiary alicyclic amines) is 1. The number of hydrogen-bond donors (Lipinski definition) is 2. The fourth-order valence-electron chi connectivity index (χ4n) is 3.29. The Morgan fingerprint density at radius 3 is 2.86 bits per heavy atom. The van der Waals surface area contributed by atoms with Gasteiger partial charge in [0.15, 0.2) is 0 Å². The van der Waals surface area contributed by atoms with Crippen molar-refractivity contribution in [1.29, 1.82) is 0 Å². The monoisotopic (exact) mass is 324 g/mol. The van der Waals surface area contributed by atoms with Crippen molar-refractivity contribution in [3.05, 3.63) is 17.0 Å². The first-order chi connectivity index (χ1) is 10.5. The Morgan fingerprint density at radius 1 is 1.45 bits per heavy atom. The molecule has 2 atom stereocenters. The fraction of sp³-hybridized carbons (Fsp3) is 0.750. The average Bonchev–Trinajstić information content (AvgIpc) is 2.67. The molecule has 0 saturated carbocycles. The maximum absolute atomic E-state index is 12.7. The minimum Gasteiger partial charge on any atom is -0.335 e. The van der Waals surface area contributed by atoms with Crippen molar-refractivity contribution < 1.29 is 4.79 Å². The molecule has 0 spiro atoms. The average molecular weight is 324 g/mol. The van der Waals surface area contributed by atoms with E-state index in [4.69, 9.17) is 0 Å². The number of H-pyrrole nitrogens is 1. The summed E-state index contributed by atoms with van der Waals surface area (Å²) in [7, 11) is 0. The minimum atomic E-state index is 0.0634. The first kappa shape index (κ1) is 17.2. The molecule has 0 radical (unpaired) electrons. The summed E-state index contributed by atoms with van der Waals surface area (Å²) in [4.78, 5) is 14.8. The van der Waals surface area contributed by atoms with Crippen LogP contribution in [-0.4, -0.2) is 45.7 Å². The van der Waals surface area contributed by atoms with E-state index in [0.717, 1.165) is 36.5 Å². The SMILES string of the molecule is CSC[C@@H](C)NC(=O)N1CCCCC[C@H]1c1c(C)n[nH]c1C. The number of nitrogens with one attached hydrogen (secondary N) is 2. The molecule has 0 unspecified atom stereocenters. The summed E-state index contributed by atoms with van der Waals surface area (Å²) >= 11 is 1.76. The van der Waals surface area contributed by atoms with Crippen LogP contribution < -0.4 is 5.32 Å². The second kappa shape index (κ2) is 7.90. The Bertz CT molecular complexity index is 483. The first-order valence-corrected chi connectivity index (χ1v) is 9.51. The highest BCUT2D eigenvalue weighted by Gasteiger charge is 2.30. The third-order valence-electron chi connectivity index (χ3n) is 4.32. The maximum atomic E-state index is 12.7. The van der Waals surface area contributed by atoms with Gasteiger partial charge in [0.1, 0.15) is 0 Å². The fourth-order valence-corrected chi connectivity index (χ4v) is 3.87. The molecule has 1 aliphatic rings. The normalized spacial score (nSPS) is 20.5. The topological polar surface area (TPSA) is 61.0 Å². The van der Waals surface area contributed by atoms with Crippen molar-refractivity contribution in [3.63, 3.8) is 0 Å². The van der Waals surface area contributed by atoms with Crippen LogP contribution in [0.1, 0.15) is 55.6 Å². The molecule has 22 heavy (non-hydrogen) atoms. The van der Waals surface area contributed by atoms with Crippen molar-refractivity contribution in [2.75, 3.05) is 18.6 Å². The van der Waals surface area contributed by atoms with Gasteiger partial charge in [0, 0.05) is 29.6 Å². The van der Waals surface area contributed by atoms with Gasteiger partial charge < -0.3 is 10.2 Å². The van der Waals surface area contributed by atoms with Gasteiger partial charge in [0.05, 0.1) is 11.7 Å². The lowest BCUT2D eigenvalue weighted by Crippen LogP contribution is -2.46. The van der Waals surface area contributed by atoms with Crippen LogP contribution >= 0.6 is 11.8 Å². The standard InChI is InChI=1S/C16H28N4OS/c1-11(10-22-4)17-16(21)20-9-7-5-6-8-14(20)15-12(2)18-19-13(15)3/h11,14H,5-10H2,1-4H3,(H,17,21)(H,18,19)/t11-,14+/m1/s1. The van der Waals surface area contributed by atoms with E-state index in [0.29, 0.717) is 0 Å². The number of urea groups is 1. The van der Waals surface area contributed by atoms with E-state index in [2.05, 4.69) is 28.7 Å². The highest BCUT2D eigenvalue weighted by molar-refractivity contribution is 7.98. The third-order valence-corrected chi connectivity index (χ3v) is 5.15. The number of aromatic nitrogens is 2. The summed E-state index contributed by atoms with van der Waals surface area (Å²) in [5.74, 6) is 0.939. The Labute approximate surface area is 137 Å². The summed E-state index contributed by atoms with van der Waals surface area (Å²) < 4.78 is 0. The molecule has 0 bridgehead atoms. The second-order valence-electron chi connectivity index (χ2n) is 6.21. The molecule has 1 aliphatic heterocycles. The smallest absolute Gasteiger partial charge is 0.318 e. The van der Waals surface area contributed by atoms with Gasteiger partial charge in [-0.3, -0.25) is 5.10 Å². The van der Waals surface area contributed by atoms with Gasteiger partial charge in [0.25, 0.3) is 0 Å². The van der Waals surface area contributed by atoms with Crippen LogP contribution in [0.5, 0.6) is 0 Å². The minimum absolute atomic E-state index is 0.0634. The van der Waals surface area contributed by atoms with Crippen LogP contribution in [0.25, 0.3) is 0 Å². The molecule has 1 aromatic rings. The Kier molecular flexibility index (Phi) is 6.17. The number of carbonyl (C=O) groups is 1. The van der Waals surface area contributed by atoms with Crippen LogP contribution in [0.15, 0.2) is 0 Å². The van der Waals surface area contributed by atoms with E-state index < -0.39 is 0 Å². The highest BCUT2D eigenvalue weighted by Crippen LogP contribution is 2.33. The van der Waals surface area contributed by atoms with Gasteiger partial charge >= 0.3 is 6.03 Å².